The van der Waals surface area contributed by atoms with Crippen LogP contribution in [0.4, 0.5) is 10.7 Å². The number of carbonyl (C=O) groups excluding carboxylic acids is 1. The smallest absolute Gasteiger partial charge is 0.321 e. The molecule has 0 unspecified atom stereocenters. The van der Waals surface area contributed by atoms with E-state index in [0.29, 0.717) is 23.5 Å². The van der Waals surface area contributed by atoms with Gasteiger partial charge in [-0.25, -0.2) is 9.78 Å². The highest BCUT2D eigenvalue weighted by molar-refractivity contribution is 5.88. The number of nitrogens with zero attached hydrogens (tertiary/aromatic N) is 2. The molecule has 3 N–H and O–H groups in total. The summed E-state index contributed by atoms with van der Waals surface area (Å²) in [5.41, 5.74) is 0.905. The predicted molar refractivity (Wildman–Crippen MR) is 90.6 cm³/mol. The van der Waals surface area contributed by atoms with E-state index in [0.717, 1.165) is 25.0 Å². The SMILES string of the molecule is CCCCNC(=O)Nc1nc2nc(CC(C)C)ccc2c(=O)[nH]1. The van der Waals surface area contributed by atoms with Gasteiger partial charge >= 0.3 is 6.03 Å². The van der Waals surface area contributed by atoms with Crippen molar-refractivity contribution < 1.29 is 4.79 Å². The van der Waals surface area contributed by atoms with Gasteiger partial charge in [0, 0.05) is 12.2 Å². The summed E-state index contributed by atoms with van der Waals surface area (Å²) < 4.78 is 0. The van der Waals surface area contributed by atoms with Crippen LogP contribution in [0.1, 0.15) is 39.3 Å². The van der Waals surface area contributed by atoms with Gasteiger partial charge in [-0.1, -0.05) is 27.2 Å². The monoisotopic (exact) mass is 317 g/mol. The van der Waals surface area contributed by atoms with Crippen LogP contribution in [0, 0.1) is 5.92 Å². The molecule has 0 aromatic carbocycles. The van der Waals surface area contributed by atoms with E-state index in [-0.39, 0.29) is 17.5 Å². The molecule has 0 bridgehead atoms. The van der Waals surface area contributed by atoms with Crippen molar-refractivity contribution in [2.24, 2.45) is 5.92 Å². The fraction of sp³-hybridized carbons (Fsp3) is 0.500. The molecule has 2 heterocycles. The Bertz CT molecular complexity index is 739. The van der Waals surface area contributed by atoms with Crippen molar-refractivity contribution in [1.82, 2.24) is 20.3 Å². The van der Waals surface area contributed by atoms with E-state index in [1.807, 2.05) is 13.0 Å². The minimum absolute atomic E-state index is 0.102. The summed E-state index contributed by atoms with van der Waals surface area (Å²) >= 11 is 0. The van der Waals surface area contributed by atoms with E-state index >= 15 is 0 Å². The lowest BCUT2D eigenvalue weighted by atomic mass is 10.1. The minimum Gasteiger partial charge on any atom is -0.338 e. The van der Waals surface area contributed by atoms with Crippen LogP contribution in [0.5, 0.6) is 0 Å². The van der Waals surface area contributed by atoms with Crippen molar-refractivity contribution in [2.45, 2.75) is 40.0 Å². The summed E-state index contributed by atoms with van der Waals surface area (Å²) in [6.07, 6.45) is 2.70. The molecule has 2 amide bonds. The van der Waals surface area contributed by atoms with Gasteiger partial charge in [-0.05, 0) is 30.9 Å². The van der Waals surface area contributed by atoms with Gasteiger partial charge in [0.1, 0.15) is 0 Å². The van der Waals surface area contributed by atoms with Crippen molar-refractivity contribution >= 4 is 23.0 Å². The van der Waals surface area contributed by atoms with Crippen LogP contribution in [0.2, 0.25) is 0 Å². The number of nitrogens with one attached hydrogen (secondary N) is 3. The zero-order valence-electron chi connectivity index (χ0n) is 13.8. The Hall–Kier alpha value is -2.44. The number of amides is 2. The molecular weight excluding hydrogens is 294 g/mol. The van der Waals surface area contributed by atoms with E-state index in [1.165, 1.54) is 0 Å². The maximum absolute atomic E-state index is 12.1. The highest BCUT2D eigenvalue weighted by atomic mass is 16.2. The van der Waals surface area contributed by atoms with Crippen LogP contribution >= 0.6 is 0 Å². The van der Waals surface area contributed by atoms with Crippen molar-refractivity contribution in [2.75, 3.05) is 11.9 Å². The molecule has 7 nitrogen and oxygen atoms in total. The highest BCUT2D eigenvalue weighted by Gasteiger charge is 2.09. The highest BCUT2D eigenvalue weighted by Crippen LogP contribution is 2.11. The molecule has 2 rings (SSSR count). The van der Waals surface area contributed by atoms with Crippen LogP contribution in [0.25, 0.3) is 11.0 Å². The Labute approximate surface area is 134 Å². The second-order valence-corrected chi connectivity index (χ2v) is 5.92. The molecule has 124 valence electrons. The molecule has 2 aromatic heterocycles. The van der Waals surface area contributed by atoms with E-state index in [2.05, 4.69) is 39.4 Å². The fourth-order valence-corrected chi connectivity index (χ4v) is 2.18. The van der Waals surface area contributed by atoms with E-state index in [4.69, 9.17) is 0 Å². The second kappa shape index (κ2) is 7.71. The van der Waals surface area contributed by atoms with Crippen LogP contribution < -0.4 is 16.2 Å². The maximum atomic E-state index is 12.1. The van der Waals surface area contributed by atoms with E-state index in [1.54, 1.807) is 6.07 Å². The first-order chi connectivity index (χ1) is 11.0. The lowest BCUT2D eigenvalue weighted by molar-refractivity contribution is 0.252. The van der Waals surface area contributed by atoms with Gasteiger partial charge in [-0.3, -0.25) is 15.1 Å². The number of H-pyrrole nitrogens is 1. The third-order valence-electron chi connectivity index (χ3n) is 3.29. The molecule has 0 saturated heterocycles. The number of fused-ring (bicyclic) bond motifs is 1. The summed E-state index contributed by atoms with van der Waals surface area (Å²) in [4.78, 5) is 35.0. The average molecular weight is 317 g/mol. The number of hydrogen-bond donors (Lipinski definition) is 3. The molecule has 0 fully saturated rings. The van der Waals surface area contributed by atoms with Crippen molar-refractivity contribution in [3.63, 3.8) is 0 Å². The van der Waals surface area contributed by atoms with Crippen LogP contribution in [0.3, 0.4) is 0 Å². The molecule has 0 aliphatic rings. The number of aromatic amines is 1. The first-order valence-corrected chi connectivity index (χ1v) is 7.94. The van der Waals surface area contributed by atoms with Crippen LogP contribution in [-0.4, -0.2) is 27.5 Å². The normalized spacial score (nSPS) is 11.0. The Morgan fingerprint density at radius 2 is 2.09 bits per heavy atom. The largest absolute Gasteiger partial charge is 0.338 e. The molecule has 2 aromatic rings. The quantitative estimate of drug-likeness (QED) is 0.712. The Balaban J connectivity index is 2.21. The summed E-state index contributed by atoms with van der Waals surface area (Å²) in [5, 5.41) is 5.65. The second-order valence-electron chi connectivity index (χ2n) is 5.92. The molecule has 0 aliphatic heterocycles. The van der Waals surface area contributed by atoms with E-state index in [9.17, 15) is 9.59 Å². The number of urea groups is 1. The van der Waals surface area contributed by atoms with Gasteiger partial charge in [0.25, 0.3) is 5.56 Å². The molecule has 0 saturated carbocycles. The van der Waals surface area contributed by atoms with Gasteiger partial charge < -0.3 is 5.32 Å². The van der Waals surface area contributed by atoms with Gasteiger partial charge in [0.05, 0.1) is 5.39 Å². The summed E-state index contributed by atoms with van der Waals surface area (Å²) in [6, 6.07) is 3.17. The number of rotatable bonds is 6. The number of hydrogen-bond acceptors (Lipinski definition) is 4. The molecule has 0 radical (unpaired) electrons. The van der Waals surface area contributed by atoms with Crippen LogP contribution in [-0.2, 0) is 6.42 Å². The number of aromatic nitrogens is 3. The van der Waals surface area contributed by atoms with Gasteiger partial charge in [0.2, 0.25) is 5.95 Å². The van der Waals surface area contributed by atoms with Crippen molar-refractivity contribution in [1.29, 1.82) is 0 Å². The molecule has 0 atom stereocenters. The fourth-order valence-electron chi connectivity index (χ4n) is 2.18. The minimum atomic E-state index is -0.390. The van der Waals surface area contributed by atoms with Gasteiger partial charge in [-0.2, -0.15) is 4.98 Å². The maximum Gasteiger partial charge on any atom is 0.321 e. The first-order valence-electron chi connectivity index (χ1n) is 7.94. The third kappa shape index (κ3) is 4.77. The molecule has 0 aliphatic carbocycles. The zero-order chi connectivity index (χ0) is 16.8. The lowest BCUT2D eigenvalue weighted by Crippen LogP contribution is -2.31. The number of carbonyl (C=O) groups is 1. The standard InChI is InChI=1S/C16H23N5O2/c1-4-5-8-17-16(23)21-15-19-13-12(14(22)20-15)7-6-11(18-13)9-10(2)3/h6-7,10H,4-5,8-9H2,1-3H3,(H3,17,18,19,20,21,22,23). The number of anilines is 1. The number of unbranched alkanes of at least 4 members (excludes halogenated alkanes) is 1. The molecular formula is C16H23N5O2. The Kier molecular flexibility index (Phi) is 5.67. The van der Waals surface area contributed by atoms with Crippen molar-refractivity contribution in [3.05, 3.63) is 28.2 Å². The molecule has 0 spiro atoms. The molecule has 7 heteroatoms. The van der Waals surface area contributed by atoms with Crippen molar-refractivity contribution in [3.8, 4) is 0 Å². The van der Waals surface area contributed by atoms with Gasteiger partial charge in [0.15, 0.2) is 5.65 Å². The lowest BCUT2D eigenvalue weighted by Gasteiger charge is -2.08. The third-order valence-corrected chi connectivity index (χ3v) is 3.29. The summed E-state index contributed by atoms with van der Waals surface area (Å²) in [6.45, 7) is 6.83. The number of pyridine rings is 1. The predicted octanol–water partition coefficient (Wildman–Crippen LogP) is 2.44. The summed E-state index contributed by atoms with van der Waals surface area (Å²) in [5.74, 6) is 0.564. The Morgan fingerprint density at radius 3 is 2.78 bits per heavy atom. The average Bonchev–Trinajstić information content (AvgIpc) is 2.46. The first kappa shape index (κ1) is 16.9. The van der Waals surface area contributed by atoms with Crippen LogP contribution in [0.15, 0.2) is 16.9 Å². The molecule has 23 heavy (non-hydrogen) atoms. The zero-order valence-corrected chi connectivity index (χ0v) is 13.8. The van der Waals surface area contributed by atoms with Gasteiger partial charge in [-0.15, -0.1) is 0 Å². The Morgan fingerprint density at radius 1 is 1.30 bits per heavy atom. The topological polar surface area (TPSA) is 99.8 Å². The van der Waals surface area contributed by atoms with E-state index < -0.39 is 0 Å². The summed E-state index contributed by atoms with van der Waals surface area (Å²) in [7, 11) is 0.